The number of benzene rings is 1. The summed E-state index contributed by atoms with van der Waals surface area (Å²) < 4.78 is 5.35. The molecule has 0 bridgehead atoms. The zero-order chi connectivity index (χ0) is 15.6. The van der Waals surface area contributed by atoms with E-state index < -0.39 is 0 Å². The molecular weight excluding hydrogens is 280 g/mol. The van der Waals surface area contributed by atoms with Gasteiger partial charge in [0.2, 0.25) is 0 Å². The van der Waals surface area contributed by atoms with Gasteiger partial charge in [-0.25, -0.2) is 4.79 Å². The van der Waals surface area contributed by atoms with E-state index in [0.717, 1.165) is 32.1 Å². The summed E-state index contributed by atoms with van der Waals surface area (Å²) in [6.07, 6.45) is 6.64. The lowest BCUT2D eigenvalue weighted by atomic mass is 9.94. The highest BCUT2D eigenvalue weighted by Crippen LogP contribution is 2.42. The van der Waals surface area contributed by atoms with Crippen LogP contribution in [0.3, 0.4) is 0 Å². The minimum absolute atomic E-state index is 0.145. The summed E-state index contributed by atoms with van der Waals surface area (Å²) in [4.78, 5) is 12.5. The molecule has 0 unspecified atom stereocenters. The molecule has 1 aromatic carbocycles. The van der Waals surface area contributed by atoms with Crippen molar-refractivity contribution in [1.29, 1.82) is 0 Å². The molecule has 0 saturated carbocycles. The van der Waals surface area contributed by atoms with E-state index in [1.807, 2.05) is 17.8 Å². The fourth-order valence-corrected chi connectivity index (χ4v) is 4.17. The standard InChI is InChI=1S/C18H26O2S/c1-4-12-18(13-5-2,14-15-20-17(19)6-3)21-16-10-8-7-9-11-16/h6-11H,3-5,12-15H2,1-2H3. The molecule has 0 fully saturated rings. The van der Waals surface area contributed by atoms with Crippen molar-refractivity contribution in [3.05, 3.63) is 43.0 Å². The zero-order valence-corrected chi connectivity index (χ0v) is 14.0. The van der Waals surface area contributed by atoms with Crippen LogP contribution in [0.5, 0.6) is 0 Å². The minimum atomic E-state index is -0.332. The first kappa shape index (κ1) is 17.8. The second-order valence-corrected chi connectivity index (χ2v) is 6.76. The summed E-state index contributed by atoms with van der Waals surface area (Å²) in [5, 5.41) is 0. The summed E-state index contributed by atoms with van der Waals surface area (Å²) >= 11 is 1.93. The highest BCUT2D eigenvalue weighted by atomic mass is 32.2. The van der Waals surface area contributed by atoms with E-state index in [1.165, 1.54) is 11.0 Å². The highest BCUT2D eigenvalue weighted by molar-refractivity contribution is 8.00. The third-order valence-electron chi connectivity index (χ3n) is 3.46. The number of hydrogen-bond acceptors (Lipinski definition) is 3. The maximum absolute atomic E-state index is 11.2. The Bertz CT molecular complexity index is 422. The van der Waals surface area contributed by atoms with Crippen molar-refractivity contribution >= 4 is 17.7 Å². The zero-order valence-electron chi connectivity index (χ0n) is 13.1. The van der Waals surface area contributed by atoms with Crippen molar-refractivity contribution in [3.63, 3.8) is 0 Å². The summed E-state index contributed by atoms with van der Waals surface area (Å²) in [6.45, 7) is 8.33. The number of esters is 1. The Hall–Kier alpha value is -1.22. The molecule has 0 aliphatic carbocycles. The van der Waals surface area contributed by atoms with E-state index in [4.69, 9.17) is 4.74 Å². The lowest BCUT2D eigenvalue weighted by molar-refractivity contribution is -0.138. The maximum atomic E-state index is 11.2. The Morgan fingerprint density at radius 3 is 2.33 bits per heavy atom. The first-order valence-electron chi connectivity index (χ1n) is 7.69. The molecule has 0 heterocycles. The van der Waals surface area contributed by atoms with Gasteiger partial charge in [-0.2, -0.15) is 0 Å². The average molecular weight is 306 g/mol. The molecule has 0 aliphatic heterocycles. The van der Waals surface area contributed by atoms with E-state index in [9.17, 15) is 4.79 Å². The van der Waals surface area contributed by atoms with Crippen molar-refractivity contribution < 1.29 is 9.53 Å². The second-order valence-electron chi connectivity index (χ2n) is 5.22. The fraction of sp³-hybridized carbons (Fsp3) is 0.500. The van der Waals surface area contributed by atoms with Gasteiger partial charge in [0.1, 0.15) is 0 Å². The summed E-state index contributed by atoms with van der Waals surface area (Å²) in [5.41, 5.74) is 0. The molecule has 21 heavy (non-hydrogen) atoms. The third kappa shape index (κ3) is 6.38. The summed E-state index contributed by atoms with van der Waals surface area (Å²) in [7, 11) is 0. The number of ether oxygens (including phenoxy) is 1. The van der Waals surface area contributed by atoms with Gasteiger partial charge in [0, 0.05) is 15.7 Å². The normalized spacial score (nSPS) is 11.1. The molecule has 0 radical (unpaired) electrons. The first-order valence-corrected chi connectivity index (χ1v) is 8.50. The molecule has 1 rings (SSSR count). The van der Waals surface area contributed by atoms with Crippen LogP contribution in [0.15, 0.2) is 47.9 Å². The van der Waals surface area contributed by atoms with Crippen molar-refractivity contribution in [3.8, 4) is 0 Å². The molecule has 0 atom stereocenters. The van der Waals surface area contributed by atoms with Gasteiger partial charge < -0.3 is 4.74 Å². The van der Waals surface area contributed by atoms with Crippen LogP contribution in [0.1, 0.15) is 46.0 Å². The number of carbonyl (C=O) groups excluding carboxylic acids is 1. The quantitative estimate of drug-likeness (QED) is 0.336. The number of hydrogen-bond donors (Lipinski definition) is 0. The molecule has 2 nitrogen and oxygen atoms in total. The van der Waals surface area contributed by atoms with Crippen LogP contribution < -0.4 is 0 Å². The van der Waals surface area contributed by atoms with Crippen molar-refractivity contribution in [2.45, 2.75) is 55.6 Å². The summed E-state index contributed by atoms with van der Waals surface area (Å²) in [5.74, 6) is -0.332. The number of rotatable bonds is 10. The number of thioether (sulfide) groups is 1. The lowest BCUT2D eigenvalue weighted by Gasteiger charge is -2.33. The largest absolute Gasteiger partial charge is 0.462 e. The number of carbonyl (C=O) groups is 1. The molecule has 116 valence electrons. The van der Waals surface area contributed by atoms with Gasteiger partial charge in [-0.3, -0.25) is 0 Å². The molecule has 0 spiro atoms. The molecular formula is C18H26O2S. The predicted molar refractivity (Wildman–Crippen MR) is 90.6 cm³/mol. The van der Waals surface area contributed by atoms with E-state index in [0.29, 0.717) is 6.61 Å². The highest BCUT2D eigenvalue weighted by Gasteiger charge is 2.29. The van der Waals surface area contributed by atoms with E-state index in [1.54, 1.807) is 0 Å². The fourth-order valence-electron chi connectivity index (χ4n) is 2.57. The van der Waals surface area contributed by atoms with Gasteiger partial charge in [-0.15, -0.1) is 11.8 Å². The van der Waals surface area contributed by atoms with Gasteiger partial charge in [0.25, 0.3) is 0 Å². The second kappa shape index (κ2) is 9.67. The SMILES string of the molecule is C=CC(=O)OCCC(CCC)(CCC)Sc1ccccc1. The Kier molecular flexibility index (Phi) is 8.21. The van der Waals surface area contributed by atoms with Crippen LogP contribution in [0.4, 0.5) is 0 Å². The molecule has 0 N–H and O–H groups in total. The van der Waals surface area contributed by atoms with Crippen LogP contribution >= 0.6 is 11.8 Å². The third-order valence-corrected chi connectivity index (χ3v) is 5.01. The molecule has 0 aliphatic rings. The minimum Gasteiger partial charge on any atom is -0.462 e. The Labute approximate surface area is 133 Å². The molecule has 0 aromatic heterocycles. The van der Waals surface area contributed by atoms with Crippen molar-refractivity contribution in [2.24, 2.45) is 0 Å². The molecule has 0 saturated heterocycles. The Balaban J connectivity index is 2.76. The van der Waals surface area contributed by atoms with E-state index in [2.05, 4.69) is 44.7 Å². The van der Waals surface area contributed by atoms with E-state index in [-0.39, 0.29) is 10.7 Å². The van der Waals surface area contributed by atoms with Crippen LogP contribution in [0.2, 0.25) is 0 Å². The Morgan fingerprint density at radius 1 is 1.19 bits per heavy atom. The maximum Gasteiger partial charge on any atom is 0.330 e. The topological polar surface area (TPSA) is 26.3 Å². The van der Waals surface area contributed by atoms with Gasteiger partial charge in [-0.1, -0.05) is 51.5 Å². The Morgan fingerprint density at radius 2 is 1.81 bits per heavy atom. The van der Waals surface area contributed by atoms with Gasteiger partial charge in [-0.05, 0) is 31.4 Å². The van der Waals surface area contributed by atoms with Crippen LogP contribution in [-0.2, 0) is 9.53 Å². The average Bonchev–Trinajstić information content (AvgIpc) is 2.48. The van der Waals surface area contributed by atoms with Crippen molar-refractivity contribution in [1.82, 2.24) is 0 Å². The van der Waals surface area contributed by atoms with Gasteiger partial charge in [0.05, 0.1) is 6.61 Å². The van der Waals surface area contributed by atoms with E-state index >= 15 is 0 Å². The van der Waals surface area contributed by atoms with Crippen LogP contribution in [-0.4, -0.2) is 17.3 Å². The van der Waals surface area contributed by atoms with Crippen LogP contribution in [0.25, 0.3) is 0 Å². The molecule has 1 aromatic rings. The molecule has 0 amide bonds. The van der Waals surface area contributed by atoms with Crippen LogP contribution in [0, 0.1) is 0 Å². The first-order chi connectivity index (χ1) is 10.2. The predicted octanol–water partition coefficient (Wildman–Crippen LogP) is 5.24. The lowest BCUT2D eigenvalue weighted by Crippen LogP contribution is -2.27. The molecule has 3 heteroatoms. The smallest absolute Gasteiger partial charge is 0.330 e. The van der Waals surface area contributed by atoms with Gasteiger partial charge >= 0.3 is 5.97 Å². The summed E-state index contributed by atoms with van der Waals surface area (Å²) in [6, 6.07) is 10.5. The monoisotopic (exact) mass is 306 g/mol. The van der Waals surface area contributed by atoms with Crippen molar-refractivity contribution in [2.75, 3.05) is 6.61 Å². The van der Waals surface area contributed by atoms with Gasteiger partial charge in [0.15, 0.2) is 0 Å².